The highest BCUT2D eigenvalue weighted by molar-refractivity contribution is 8.00. The van der Waals surface area contributed by atoms with E-state index in [1.54, 1.807) is 0 Å². The van der Waals surface area contributed by atoms with Gasteiger partial charge in [-0.2, -0.15) is 0 Å². The van der Waals surface area contributed by atoms with Gasteiger partial charge in [0.25, 0.3) is 0 Å². The number of thioether (sulfide) groups is 1. The average molecular weight is 297 g/mol. The molecule has 1 rings (SSSR count). The fraction of sp³-hybridized carbons (Fsp3) is 0.429. The number of nitrogens with one attached hydrogen (secondary N) is 1. The van der Waals surface area contributed by atoms with Crippen molar-refractivity contribution in [3.63, 3.8) is 0 Å². The van der Waals surface area contributed by atoms with Crippen molar-refractivity contribution in [3.8, 4) is 0 Å². The van der Waals surface area contributed by atoms with Gasteiger partial charge in [-0.15, -0.1) is 11.8 Å². The van der Waals surface area contributed by atoms with Crippen molar-refractivity contribution >= 4 is 23.6 Å². The summed E-state index contributed by atoms with van der Waals surface area (Å²) in [5.41, 5.74) is 0.314. The number of hydrogen-bond donors (Lipinski definition) is 3. The summed E-state index contributed by atoms with van der Waals surface area (Å²) in [5, 5.41) is 20.6. The van der Waals surface area contributed by atoms with Crippen LogP contribution in [0.15, 0.2) is 23.1 Å². The second-order valence-corrected chi connectivity index (χ2v) is 5.93. The first-order valence-electron chi connectivity index (χ1n) is 6.15. The number of aliphatic carboxylic acids is 1. The molecule has 6 heteroatoms. The number of aryl methyl sites for hydroxylation is 2. The highest BCUT2D eigenvalue weighted by Gasteiger charge is 2.30. The molecule has 0 heterocycles. The van der Waals surface area contributed by atoms with Crippen molar-refractivity contribution in [3.05, 3.63) is 29.3 Å². The van der Waals surface area contributed by atoms with Gasteiger partial charge in [-0.1, -0.05) is 17.7 Å². The first-order valence-corrected chi connectivity index (χ1v) is 7.13. The minimum Gasteiger partial charge on any atom is -0.479 e. The first kappa shape index (κ1) is 16.5. The lowest BCUT2D eigenvalue weighted by molar-refractivity contribution is -0.156. The van der Waals surface area contributed by atoms with Crippen LogP contribution < -0.4 is 5.32 Å². The van der Waals surface area contributed by atoms with E-state index in [-0.39, 0.29) is 18.2 Å². The van der Waals surface area contributed by atoms with Crippen molar-refractivity contribution in [2.45, 2.75) is 31.3 Å². The van der Waals surface area contributed by atoms with Gasteiger partial charge < -0.3 is 15.5 Å². The fourth-order valence-electron chi connectivity index (χ4n) is 1.50. The Kier molecular flexibility index (Phi) is 5.59. The monoisotopic (exact) mass is 297 g/mol. The number of carbonyl (C=O) groups is 2. The van der Waals surface area contributed by atoms with Gasteiger partial charge in [0.1, 0.15) is 0 Å². The second kappa shape index (κ2) is 6.76. The quantitative estimate of drug-likeness (QED) is 0.690. The van der Waals surface area contributed by atoms with Gasteiger partial charge in [-0.3, -0.25) is 4.79 Å². The van der Waals surface area contributed by atoms with E-state index in [1.807, 2.05) is 32.0 Å². The summed E-state index contributed by atoms with van der Waals surface area (Å²) in [7, 11) is 0. The Morgan fingerprint density at radius 1 is 1.35 bits per heavy atom. The maximum Gasteiger partial charge on any atom is 0.337 e. The van der Waals surface area contributed by atoms with Crippen molar-refractivity contribution in [2.75, 3.05) is 12.3 Å². The third kappa shape index (κ3) is 4.86. The molecule has 0 aromatic heterocycles. The molecule has 0 aliphatic carbocycles. The standard InChI is InChI=1S/C14H19NO4S/c1-9-4-5-11(10(2)6-9)20-7-12(16)15-8-14(3,19)13(17)18/h4-6,19H,7-8H2,1-3H3,(H,15,16)(H,17,18). The van der Waals surface area contributed by atoms with Crippen LogP contribution >= 0.6 is 11.8 Å². The predicted molar refractivity (Wildman–Crippen MR) is 77.9 cm³/mol. The fourth-order valence-corrected chi connectivity index (χ4v) is 2.34. The zero-order chi connectivity index (χ0) is 15.3. The molecular weight excluding hydrogens is 278 g/mol. The molecule has 0 saturated carbocycles. The van der Waals surface area contributed by atoms with Crippen LogP contribution in [0.2, 0.25) is 0 Å². The third-order valence-corrected chi connectivity index (χ3v) is 3.96. The topological polar surface area (TPSA) is 86.6 Å². The van der Waals surface area contributed by atoms with Crippen LogP contribution in [0.4, 0.5) is 0 Å². The molecule has 0 fully saturated rings. The Hall–Kier alpha value is -1.53. The summed E-state index contributed by atoms with van der Waals surface area (Å²) < 4.78 is 0. The number of hydrogen-bond acceptors (Lipinski definition) is 4. The largest absolute Gasteiger partial charge is 0.479 e. The molecule has 20 heavy (non-hydrogen) atoms. The third-order valence-electron chi connectivity index (χ3n) is 2.78. The van der Waals surface area contributed by atoms with Crippen LogP contribution in [0.25, 0.3) is 0 Å². The van der Waals surface area contributed by atoms with Gasteiger partial charge in [-0.05, 0) is 32.4 Å². The molecule has 1 aromatic rings. The number of carboxylic acids is 1. The Balaban J connectivity index is 2.46. The van der Waals surface area contributed by atoms with E-state index in [0.717, 1.165) is 22.9 Å². The molecule has 3 N–H and O–H groups in total. The van der Waals surface area contributed by atoms with Crippen molar-refractivity contribution < 1.29 is 19.8 Å². The molecule has 1 amide bonds. The molecule has 0 bridgehead atoms. The summed E-state index contributed by atoms with van der Waals surface area (Å²) >= 11 is 1.38. The molecule has 0 radical (unpaired) electrons. The molecule has 1 atom stereocenters. The lowest BCUT2D eigenvalue weighted by Crippen LogP contribution is -2.46. The Bertz CT molecular complexity index is 514. The summed E-state index contributed by atoms with van der Waals surface area (Å²) in [5.74, 6) is -1.49. The zero-order valence-electron chi connectivity index (χ0n) is 11.8. The van der Waals surface area contributed by atoms with E-state index in [1.165, 1.54) is 11.8 Å². The van der Waals surface area contributed by atoms with E-state index in [0.29, 0.717) is 0 Å². The molecule has 0 aliphatic rings. The minimum atomic E-state index is -1.94. The lowest BCUT2D eigenvalue weighted by atomic mass is 10.1. The second-order valence-electron chi connectivity index (χ2n) is 4.91. The normalized spacial score (nSPS) is 13.6. The first-order chi connectivity index (χ1) is 9.22. The van der Waals surface area contributed by atoms with Crippen molar-refractivity contribution in [1.82, 2.24) is 5.32 Å². The van der Waals surface area contributed by atoms with Crippen LogP contribution in [0.5, 0.6) is 0 Å². The van der Waals surface area contributed by atoms with Crippen molar-refractivity contribution in [2.24, 2.45) is 0 Å². The van der Waals surface area contributed by atoms with Crippen molar-refractivity contribution in [1.29, 1.82) is 0 Å². The summed E-state index contributed by atoms with van der Waals surface area (Å²) in [6, 6.07) is 5.97. The molecule has 0 aliphatic heterocycles. The van der Waals surface area contributed by atoms with Gasteiger partial charge in [-0.25, -0.2) is 4.79 Å². The number of amides is 1. The smallest absolute Gasteiger partial charge is 0.337 e. The maximum absolute atomic E-state index is 11.6. The molecule has 1 unspecified atom stereocenters. The van der Waals surface area contributed by atoms with Gasteiger partial charge in [0.05, 0.1) is 12.3 Å². The summed E-state index contributed by atoms with van der Waals surface area (Å²) in [6.45, 7) is 4.81. The lowest BCUT2D eigenvalue weighted by Gasteiger charge is -2.18. The molecule has 0 saturated heterocycles. The Labute approximate surface area is 122 Å². The van der Waals surface area contributed by atoms with E-state index in [4.69, 9.17) is 5.11 Å². The van der Waals surface area contributed by atoms with Gasteiger partial charge in [0.2, 0.25) is 5.91 Å². The average Bonchev–Trinajstić information content (AvgIpc) is 2.35. The van der Waals surface area contributed by atoms with Crippen LogP contribution in [0, 0.1) is 13.8 Å². The SMILES string of the molecule is Cc1ccc(SCC(=O)NCC(C)(O)C(=O)O)c(C)c1. The summed E-state index contributed by atoms with van der Waals surface area (Å²) in [4.78, 5) is 23.3. The van der Waals surface area contributed by atoms with Crippen LogP contribution in [0.3, 0.4) is 0 Å². The molecule has 5 nitrogen and oxygen atoms in total. The van der Waals surface area contributed by atoms with Crippen LogP contribution in [0.1, 0.15) is 18.1 Å². The highest BCUT2D eigenvalue weighted by Crippen LogP contribution is 2.22. The van der Waals surface area contributed by atoms with Gasteiger partial charge >= 0.3 is 5.97 Å². The predicted octanol–water partition coefficient (Wildman–Crippen LogP) is 1.35. The van der Waals surface area contributed by atoms with Gasteiger partial charge in [0, 0.05) is 4.90 Å². The number of carboxylic acid groups (broad SMARTS) is 1. The summed E-state index contributed by atoms with van der Waals surface area (Å²) in [6.07, 6.45) is 0. The van der Waals surface area contributed by atoms with E-state index in [9.17, 15) is 14.7 Å². The Morgan fingerprint density at radius 2 is 2.00 bits per heavy atom. The van der Waals surface area contributed by atoms with E-state index >= 15 is 0 Å². The minimum absolute atomic E-state index is 0.180. The van der Waals surface area contributed by atoms with E-state index in [2.05, 4.69) is 5.32 Å². The van der Waals surface area contributed by atoms with Crippen LogP contribution in [-0.2, 0) is 9.59 Å². The zero-order valence-corrected chi connectivity index (χ0v) is 12.6. The molecule has 110 valence electrons. The van der Waals surface area contributed by atoms with Crippen LogP contribution in [-0.4, -0.2) is 40.0 Å². The van der Waals surface area contributed by atoms with E-state index < -0.39 is 11.6 Å². The number of benzene rings is 1. The molecule has 0 spiro atoms. The van der Waals surface area contributed by atoms with Gasteiger partial charge in [0.15, 0.2) is 5.60 Å². The Morgan fingerprint density at radius 3 is 2.55 bits per heavy atom. The highest BCUT2D eigenvalue weighted by atomic mass is 32.2. The number of aliphatic hydroxyl groups is 1. The number of carbonyl (C=O) groups excluding carboxylic acids is 1. The maximum atomic E-state index is 11.6. The molecular formula is C14H19NO4S. The number of rotatable bonds is 6. The molecule has 1 aromatic carbocycles.